The van der Waals surface area contributed by atoms with Gasteiger partial charge in [0.2, 0.25) is 5.91 Å². The zero-order valence-electron chi connectivity index (χ0n) is 15.9. The standard InChI is InChI=1S/C21H26ClN3O2/c1-16(23-18-8-9-20(27-2)19(22)14-18)21(26)25-12-10-24(11-13-25)15-17-6-4-3-5-7-17/h3-9,14,16,23H,10-13,15H2,1-2H3/p+1/t16-/m0/s1. The van der Waals surface area contributed by atoms with E-state index in [4.69, 9.17) is 16.3 Å². The highest BCUT2D eigenvalue weighted by Crippen LogP contribution is 2.27. The third-order valence-electron chi connectivity index (χ3n) is 4.98. The van der Waals surface area contributed by atoms with E-state index in [2.05, 4.69) is 29.6 Å². The monoisotopic (exact) mass is 388 g/mol. The van der Waals surface area contributed by atoms with Crippen molar-refractivity contribution in [3.05, 3.63) is 59.1 Å². The maximum Gasteiger partial charge on any atom is 0.245 e. The minimum absolute atomic E-state index is 0.126. The van der Waals surface area contributed by atoms with Crippen molar-refractivity contribution in [3.63, 3.8) is 0 Å². The number of hydrogen-bond donors (Lipinski definition) is 2. The number of carbonyl (C=O) groups excluding carboxylic acids is 1. The summed E-state index contributed by atoms with van der Waals surface area (Å²) in [6.45, 7) is 6.43. The molecular formula is C21H27ClN3O2+. The van der Waals surface area contributed by atoms with Gasteiger partial charge in [0.1, 0.15) is 18.3 Å². The van der Waals surface area contributed by atoms with Gasteiger partial charge in [-0.05, 0) is 25.1 Å². The summed E-state index contributed by atoms with van der Waals surface area (Å²) >= 11 is 6.16. The van der Waals surface area contributed by atoms with Crippen LogP contribution in [0.2, 0.25) is 5.02 Å². The molecule has 1 heterocycles. The Bertz CT molecular complexity index is 761. The van der Waals surface area contributed by atoms with Gasteiger partial charge >= 0.3 is 0 Å². The predicted octanol–water partition coefficient (Wildman–Crippen LogP) is 2.08. The lowest BCUT2D eigenvalue weighted by Gasteiger charge is -2.34. The van der Waals surface area contributed by atoms with Crippen LogP contribution < -0.4 is 15.0 Å². The summed E-state index contributed by atoms with van der Waals surface area (Å²) < 4.78 is 5.16. The lowest BCUT2D eigenvalue weighted by Crippen LogP contribution is -3.13. The second-order valence-corrected chi connectivity index (χ2v) is 7.36. The van der Waals surface area contributed by atoms with Crippen molar-refractivity contribution in [3.8, 4) is 5.75 Å². The molecule has 0 spiro atoms. The number of amides is 1. The van der Waals surface area contributed by atoms with Gasteiger partial charge in [0, 0.05) is 11.3 Å². The highest BCUT2D eigenvalue weighted by atomic mass is 35.5. The van der Waals surface area contributed by atoms with E-state index in [1.807, 2.05) is 24.0 Å². The molecule has 0 saturated carbocycles. The SMILES string of the molecule is COc1ccc(N[C@@H](C)C(=O)N2CC[NH+](Cc3ccccc3)CC2)cc1Cl. The maximum absolute atomic E-state index is 12.8. The number of hydrogen-bond acceptors (Lipinski definition) is 3. The molecule has 1 saturated heterocycles. The zero-order chi connectivity index (χ0) is 19.2. The van der Waals surface area contributed by atoms with Gasteiger partial charge in [0.25, 0.3) is 0 Å². The van der Waals surface area contributed by atoms with Crippen LogP contribution in [0, 0.1) is 0 Å². The van der Waals surface area contributed by atoms with Crippen molar-refractivity contribution in [2.24, 2.45) is 0 Å². The average Bonchev–Trinajstić information content (AvgIpc) is 2.69. The minimum atomic E-state index is -0.301. The van der Waals surface area contributed by atoms with Gasteiger partial charge in [0.05, 0.1) is 38.3 Å². The lowest BCUT2D eigenvalue weighted by atomic mass is 10.2. The van der Waals surface area contributed by atoms with Gasteiger partial charge in [-0.15, -0.1) is 0 Å². The first-order valence-corrected chi connectivity index (χ1v) is 9.71. The van der Waals surface area contributed by atoms with Crippen molar-refractivity contribution >= 4 is 23.2 Å². The Balaban J connectivity index is 1.50. The van der Waals surface area contributed by atoms with Crippen molar-refractivity contribution < 1.29 is 14.4 Å². The number of ether oxygens (including phenoxy) is 1. The summed E-state index contributed by atoms with van der Waals surface area (Å²) in [5, 5.41) is 3.77. The van der Waals surface area contributed by atoms with E-state index in [9.17, 15) is 4.79 Å². The predicted molar refractivity (Wildman–Crippen MR) is 109 cm³/mol. The second kappa shape index (κ2) is 9.11. The van der Waals surface area contributed by atoms with Crippen LogP contribution in [-0.2, 0) is 11.3 Å². The van der Waals surface area contributed by atoms with E-state index < -0.39 is 0 Å². The summed E-state index contributed by atoms with van der Waals surface area (Å²) in [7, 11) is 1.58. The minimum Gasteiger partial charge on any atom is -0.495 e. The molecule has 1 amide bonds. The summed E-state index contributed by atoms with van der Waals surface area (Å²) in [6.07, 6.45) is 0. The largest absolute Gasteiger partial charge is 0.495 e. The molecule has 1 atom stereocenters. The van der Waals surface area contributed by atoms with Crippen molar-refractivity contribution in [1.29, 1.82) is 0 Å². The van der Waals surface area contributed by atoms with Crippen LogP contribution in [0.5, 0.6) is 5.75 Å². The van der Waals surface area contributed by atoms with Crippen molar-refractivity contribution in [1.82, 2.24) is 4.90 Å². The van der Waals surface area contributed by atoms with Gasteiger partial charge in [-0.3, -0.25) is 4.79 Å². The lowest BCUT2D eigenvalue weighted by molar-refractivity contribution is -0.917. The fraction of sp³-hybridized carbons (Fsp3) is 0.381. The van der Waals surface area contributed by atoms with Crippen LogP contribution in [-0.4, -0.2) is 50.1 Å². The third-order valence-corrected chi connectivity index (χ3v) is 5.28. The molecule has 0 radical (unpaired) electrons. The molecule has 1 aliphatic heterocycles. The molecule has 3 rings (SSSR count). The van der Waals surface area contributed by atoms with Crippen LogP contribution in [0.15, 0.2) is 48.5 Å². The number of halogens is 1. The number of carbonyl (C=O) groups is 1. The van der Waals surface area contributed by atoms with E-state index >= 15 is 0 Å². The molecule has 2 aromatic carbocycles. The van der Waals surface area contributed by atoms with Gasteiger partial charge in [-0.1, -0.05) is 41.9 Å². The summed E-state index contributed by atoms with van der Waals surface area (Å²) in [5.74, 6) is 0.749. The Labute approximate surface area is 165 Å². The Morgan fingerprint density at radius 1 is 1.22 bits per heavy atom. The molecule has 0 aromatic heterocycles. The average molecular weight is 389 g/mol. The fourth-order valence-electron chi connectivity index (χ4n) is 3.45. The van der Waals surface area contributed by atoms with Gasteiger partial charge in [-0.2, -0.15) is 0 Å². The van der Waals surface area contributed by atoms with Crippen LogP contribution in [0.4, 0.5) is 5.69 Å². The summed E-state index contributed by atoms with van der Waals surface area (Å²) in [6, 6.07) is 15.7. The molecule has 2 N–H and O–H groups in total. The molecular weight excluding hydrogens is 362 g/mol. The number of quaternary nitrogens is 1. The molecule has 144 valence electrons. The molecule has 27 heavy (non-hydrogen) atoms. The van der Waals surface area contributed by atoms with E-state index in [1.54, 1.807) is 19.2 Å². The van der Waals surface area contributed by atoms with Gasteiger partial charge < -0.3 is 19.9 Å². The fourth-order valence-corrected chi connectivity index (χ4v) is 3.70. The first-order chi connectivity index (χ1) is 13.1. The maximum atomic E-state index is 12.8. The van der Waals surface area contributed by atoms with Gasteiger partial charge in [-0.25, -0.2) is 0 Å². The number of piperazine rings is 1. The number of nitrogens with one attached hydrogen (secondary N) is 2. The Morgan fingerprint density at radius 2 is 1.93 bits per heavy atom. The molecule has 6 heteroatoms. The molecule has 0 aliphatic carbocycles. The van der Waals surface area contributed by atoms with Crippen LogP contribution in [0.3, 0.4) is 0 Å². The molecule has 0 unspecified atom stereocenters. The number of nitrogens with zero attached hydrogens (tertiary/aromatic N) is 1. The van der Waals surface area contributed by atoms with E-state index in [0.29, 0.717) is 10.8 Å². The van der Waals surface area contributed by atoms with Crippen LogP contribution in [0.1, 0.15) is 12.5 Å². The summed E-state index contributed by atoms with van der Waals surface area (Å²) in [4.78, 5) is 16.2. The third kappa shape index (κ3) is 5.15. The first-order valence-electron chi connectivity index (χ1n) is 9.33. The van der Waals surface area contributed by atoms with Crippen molar-refractivity contribution in [2.45, 2.75) is 19.5 Å². The van der Waals surface area contributed by atoms with Crippen LogP contribution in [0.25, 0.3) is 0 Å². The zero-order valence-corrected chi connectivity index (χ0v) is 16.6. The van der Waals surface area contributed by atoms with Gasteiger partial charge in [0.15, 0.2) is 0 Å². The van der Waals surface area contributed by atoms with E-state index in [0.717, 1.165) is 38.4 Å². The Kier molecular flexibility index (Phi) is 6.58. The molecule has 0 bridgehead atoms. The number of rotatable bonds is 6. The van der Waals surface area contributed by atoms with E-state index in [-0.39, 0.29) is 11.9 Å². The molecule has 1 aliphatic rings. The molecule has 1 fully saturated rings. The second-order valence-electron chi connectivity index (χ2n) is 6.95. The Morgan fingerprint density at radius 3 is 2.56 bits per heavy atom. The highest BCUT2D eigenvalue weighted by molar-refractivity contribution is 6.32. The van der Waals surface area contributed by atoms with Crippen molar-refractivity contribution in [2.75, 3.05) is 38.6 Å². The number of anilines is 1. The topological polar surface area (TPSA) is 46.0 Å². The smallest absolute Gasteiger partial charge is 0.245 e. The normalized spacial score (nSPS) is 16.0. The highest BCUT2D eigenvalue weighted by Gasteiger charge is 2.27. The quantitative estimate of drug-likeness (QED) is 0.796. The van der Waals surface area contributed by atoms with E-state index in [1.165, 1.54) is 10.5 Å². The number of benzene rings is 2. The summed E-state index contributed by atoms with van der Waals surface area (Å²) in [5.41, 5.74) is 2.16. The molecule has 5 nitrogen and oxygen atoms in total. The number of methoxy groups -OCH3 is 1. The first kappa shape index (κ1) is 19.5. The van der Waals surface area contributed by atoms with Crippen LogP contribution >= 0.6 is 11.6 Å². The molecule has 2 aromatic rings. The Hall–Kier alpha value is -2.24.